The molecule has 0 unspecified atom stereocenters. The Labute approximate surface area is 112 Å². The molecule has 0 bridgehead atoms. The highest BCUT2D eigenvalue weighted by Gasteiger charge is 2.14. The maximum atomic E-state index is 12.1. The Hall–Kier alpha value is -1.48. The molecule has 0 aliphatic heterocycles. The van der Waals surface area contributed by atoms with Crippen molar-refractivity contribution in [3.05, 3.63) is 52.0 Å². The Morgan fingerprint density at radius 1 is 1.22 bits per heavy atom. The SMILES string of the molecule is CC(C)(C)c1ccc(C(=O)Cc2cncs2)cc1. The van der Waals surface area contributed by atoms with Crippen molar-refractivity contribution in [2.24, 2.45) is 0 Å². The van der Waals surface area contributed by atoms with E-state index in [2.05, 4.69) is 25.8 Å². The lowest BCUT2D eigenvalue weighted by atomic mass is 9.86. The lowest BCUT2D eigenvalue weighted by Gasteiger charge is -2.18. The number of benzene rings is 1. The molecule has 2 nitrogen and oxygen atoms in total. The molecule has 0 saturated carbocycles. The lowest BCUT2D eigenvalue weighted by Crippen LogP contribution is -2.11. The predicted octanol–water partition coefficient (Wildman–Crippen LogP) is 3.87. The highest BCUT2D eigenvalue weighted by molar-refractivity contribution is 7.09. The summed E-state index contributed by atoms with van der Waals surface area (Å²) in [7, 11) is 0. The van der Waals surface area contributed by atoms with Gasteiger partial charge in [0.25, 0.3) is 0 Å². The van der Waals surface area contributed by atoms with Crippen LogP contribution in [0.3, 0.4) is 0 Å². The molecule has 0 fully saturated rings. The third kappa shape index (κ3) is 3.05. The van der Waals surface area contributed by atoms with E-state index < -0.39 is 0 Å². The number of thiazole rings is 1. The summed E-state index contributed by atoms with van der Waals surface area (Å²) in [5.74, 6) is 0.153. The molecule has 1 aromatic heterocycles. The van der Waals surface area contributed by atoms with E-state index in [-0.39, 0.29) is 11.2 Å². The van der Waals surface area contributed by atoms with Gasteiger partial charge in [-0.05, 0) is 11.0 Å². The molecule has 18 heavy (non-hydrogen) atoms. The maximum Gasteiger partial charge on any atom is 0.168 e. The van der Waals surface area contributed by atoms with Crippen molar-refractivity contribution in [2.75, 3.05) is 0 Å². The first kappa shape index (κ1) is 13.0. The molecule has 0 radical (unpaired) electrons. The number of hydrogen-bond acceptors (Lipinski definition) is 3. The van der Waals surface area contributed by atoms with Gasteiger partial charge in [-0.2, -0.15) is 0 Å². The minimum Gasteiger partial charge on any atom is -0.294 e. The summed E-state index contributed by atoms with van der Waals surface area (Å²) in [6.45, 7) is 6.50. The smallest absolute Gasteiger partial charge is 0.168 e. The van der Waals surface area contributed by atoms with Crippen LogP contribution in [0.15, 0.2) is 36.0 Å². The number of Topliss-reactive ketones (excluding diaryl/α,β-unsaturated/α-hetero) is 1. The second-order valence-corrected chi connectivity index (χ2v) is 6.37. The van der Waals surface area contributed by atoms with Crippen LogP contribution in [0.5, 0.6) is 0 Å². The fourth-order valence-corrected chi connectivity index (χ4v) is 2.34. The maximum absolute atomic E-state index is 12.1. The number of ketones is 1. The third-order valence-electron chi connectivity index (χ3n) is 2.89. The molecule has 2 rings (SSSR count). The summed E-state index contributed by atoms with van der Waals surface area (Å²) >= 11 is 1.52. The van der Waals surface area contributed by atoms with E-state index in [4.69, 9.17) is 0 Å². The standard InChI is InChI=1S/C15H17NOS/c1-15(2,3)12-6-4-11(5-7-12)14(17)8-13-9-16-10-18-13/h4-7,9-10H,8H2,1-3H3. The molecule has 0 aliphatic rings. The summed E-state index contributed by atoms with van der Waals surface area (Å²) in [5.41, 5.74) is 3.90. The first-order valence-corrected chi connectivity index (χ1v) is 6.86. The second kappa shape index (κ2) is 5.02. The number of hydrogen-bond donors (Lipinski definition) is 0. The largest absolute Gasteiger partial charge is 0.294 e. The zero-order chi connectivity index (χ0) is 13.2. The van der Waals surface area contributed by atoms with Crippen molar-refractivity contribution in [1.82, 2.24) is 4.98 Å². The topological polar surface area (TPSA) is 30.0 Å². The second-order valence-electron chi connectivity index (χ2n) is 5.40. The first-order chi connectivity index (χ1) is 8.47. The minimum atomic E-state index is 0.124. The van der Waals surface area contributed by atoms with Gasteiger partial charge in [0.05, 0.1) is 5.51 Å². The zero-order valence-electron chi connectivity index (χ0n) is 10.9. The van der Waals surface area contributed by atoms with Crippen molar-refractivity contribution >= 4 is 17.1 Å². The zero-order valence-corrected chi connectivity index (χ0v) is 11.8. The van der Waals surface area contributed by atoms with Crippen molar-refractivity contribution < 1.29 is 4.79 Å². The summed E-state index contributed by atoms with van der Waals surface area (Å²) in [5, 5.41) is 0. The number of aromatic nitrogens is 1. The lowest BCUT2D eigenvalue weighted by molar-refractivity contribution is 0.0993. The molecule has 0 spiro atoms. The average molecular weight is 259 g/mol. The molecule has 0 atom stereocenters. The molecule has 0 N–H and O–H groups in total. The quantitative estimate of drug-likeness (QED) is 0.783. The fraction of sp³-hybridized carbons (Fsp3) is 0.333. The third-order valence-corrected chi connectivity index (χ3v) is 3.67. The van der Waals surface area contributed by atoms with E-state index in [0.29, 0.717) is 6.42 Å². The van der Waals surface area contributed by atoms with Crippen LogP contribution in [-0.2, 0) is 11.8 Å². The van der Waals surface area contributed by atoms with Crippen molar-refractivity contribution in [1.29, 1.82) is 0 Å². The van der Waals surface area contributed by atoms with Gasteiger partial charge in [-0.15, -0.1) is 11.3 Å². The highest BCUT2D eigenvalue weighted by atomic mass is 32.1. The van der Waals surface area contributed by atoms with Gasteiger partial charge in [-0.25, -0.2) is 0 Å². The number of carbonyl (C=O) groups is 1. The van der Waals surface area contributed by atoms with E-state index in [1.807, 2.05) is 24.3 Å². The van der Waals surface area contributed by atoms with Crippen LogP contribution in [0.25, 0.3) is 0 Å². The van der Waals surface area contributed by atoms with Gasteiger partial charge >= 0.3 is 0 Å². The minimum absolute atomic E-state index is 0.124. The van der Waals surface area contributed by atoms with Gasteiger partial charge < -0.3 is 0 Å². The van der Waals surface area contributed by atoms with Crippen molar-refractivity contribution in [2.45, 2.75) is 32.6 Å². The molecule has 2 aromatic rings. The number of carbonyl (C=O) groups excluding carboxylic acids is 1. The van der Waals surface area contributed by atoms with E-state index >= 15 is 0 Å². The van der Waals surface area contributed by atoms with Gasteiger partial charge in [0.2, 0.25) is 0 Å². The molecular weight excluding hydrogens is 242 g/mol. The van der Waals surface area contributed by atoms with Crippen LogP contribution in [0, 0.1) is 0 Å². The Kier molecular flexibility index (Phi) is 3.62. The van der Waals surface area contributed by atoms with E-state index in [1.54, 1.807) is 11.7 Å². The molecule has 0 aliphatic carbocycles. The van der Waals surface area contributed by atoms with E-state index in [9.17, 15) is 4.79 Å². The van der Waals surface area contributed by atoms with E-state index in [1.165, 1.54) is 16.9 Å². The van der Waals surface area contributed by atoms with Crippen LogP contribution < -0.4 is 0 Å². The van der Waals surface area contributed by atoms with Gasteiger partial charge in [-0.1, -0.05) is 45.0 Å². The molecule has 0 saturated heterocycles. The predicted molar refractivity (Wildman–Crippen MR) is 75.3 cm³/mol. The summed E-state index contributed by atoms with van der Waals surface area (Å²) < 4.78 is 0. The summed E-state index contributed by atoms with van der Waals surface area (Å²) in [6, 6.07) is 7.92. The van der Waals surface area contributed by atoms with Crippen molar-refractivity contribution in [3.8, 4) is 0 Å². The molecule has 1 aromatic carbocycles. The van der Waals surface area contributed by atoms with E-state index in [0.717, 1.165) is 10.4 Å². The number of nitrogens with zero attached hydrogens (tertiary/aromatic N) is 1. The van der Waals surface area contributed by atoms with Gasteiger partial charge in [0, 0.05) is 23.1 Å². The average Bonchev–Trinajstić information content (AvgIpc) is 2.81. The molecule has 1 heterocycles. The normalized spacial score (nSPS) is 11.5. The Balaban J connectivity index is 2.12. The van der Waals surface area contributed by atoms with Crippen LogP contribution in [0.2, 0.25) is 0 Å². The summed E-state index contributed by atoms with van der Waals surface area (Å²) in [4.78, 5) is 17.0. The highest BCUT2D eigenvalue weighted by Crippen LogP contribution is 2.22. The van der Waals surface area contributed by atoms with Gasteiger partial charge in [0.1, 0.15) is 0 Å². The molecular formula is C15H17NOS. The first-order valence-electron chi connectivity index (χ1n) is 5.98. The van der Waals surface area contributed by atoms with Gasteiger partial charge in [0.15, 0.2) is 5.78 Å². The molecule has 0 amide bonds. The Morgan fingerprint density at radius 3 is 2.39 bits per heavy atom. The fourth-order valence-electron chi connectivity index (χ4n) is 1.75. The number of rotatable bonds is 3. The van der Waals surface area contributed by atoms with Crippen LogP contribution >= 0.6 is 11.3 Å². The Bertz CT molecular complexity index is 521. The van der Waals surface area contributed by atoms with Gasteiger partial charge in [-0.3, -0.25) is 9.78 Å². The van der Waals surface area contributed by atoms with Crippen LogP contribution in [0.1, 0.15) is 41.6 Å². The van der Waals surface area contributed by atoms with Crippen LogP contribution in [-0.4, -0.2) is 10.8 Å². The molecule has 94 valence electrons. The Morgan fingerprint density at radius 2 is 1.89 bits per heavy atom. The van der Waals surface area contributed by atoms with Crippen molar-refractivity contribution in [3.63, 3.8) is 0 Å². The summed E-state index contributed by atoms with van der Waals surface area (Å²) in [6.07, 6.45) is 2.20. The molecule has 3 heteroatoms. The van der Waals surface area contributed by atoms with Crippen LogP contribution in [0.4, 0.5) is 0 Å². The monoisotopic (exact) mass is 259 g/mol.